The molecule has 0 aliphatic heterocycles. The van der Waals surface area contributed by atoms with Crippen molar-refractivity contribution in [2.45, 2.75) is 19.4 Å². The van der Waals surface area contributed by atoms with Crippen LogP contribution in [-0.4, -0.2) is 46.9 Å². The zero-order chi connectivity index (χ0) is 24.0. The molecule has 0 radical (unpaired) electrons. The zero-order valence-electron chi connectivity index (χ0n) is 18.7. The summed E-state index contributed by atoms with van der Waals surface area (Å²) in [7, 11) is -2.39. The predicted molar refractivity (Wildman–Crippen MR) is 132 cm³/mol. The van der Waals surface area contributed by atoms with Crippen molar-refractivity contribution in [1.29, 1.82) is 0 Å². The molecule has 0 aliphatic rings. The summed E-state index contributed by atoms with van der Waals surface area (Å²) in [6.07, 6.45) is 1.30. The van der Waals surface area contributed by atoms with Gasteiger partial charge in [0, 0.05) is 10.4 Å². The number of fused-ring (bicyclic) bond motifs is 1. The largest absolute Gasteiger partial charge is 0.495 e. The van der Waals surface area contributed by atoms with Crippen LogP contribution in [0.4, 0.5) is 5.69 Å². The first-order chi connectivity index (χ1) is 15.8. The number of halogens is 1. The summed E-state index contributed by atoms with van der Waals surface area (Å²) in [6.45, 7) is 2.18. The van der Waals surface area contributed by atoms with E-state index < -0.39 is 22.0 Å². The number of rotatable bonds is 10. The number of anilines is 1. The highest BCUT2D eigenvalue weighted by molar-refractivity contribution is 7.92. The second-order valence-corrected chi connectivity index (χ2v) is 9.71. The maximum Gasteiger partial charge on any atom is 0.244 e. The highest BCUT2D eigenvalue weighted by atomic mass is 35.5. The van der Waals surface area contributed by atoms with Gasteiger partial charge in [0.15, 0.2) is 0 Å². The highest BCUT2D eigenvalue weighted by Gasteiger charge is 2.33. The van der Waals surface area contributed by atoms with Crippen molar-refractivity contribution in [2.75, 3.05) is 30.8 Å². The van der Waals surface area contributed by atoms with E-state index in [0.29, 0.717) is 10.8 Å². The molecule has 176 valence electrons. The van der Waals surface area contributed by atoms with E-state index in [1.807, 2.05) is 42.5 Å². The third kappa shape index (κ3) is 5.89. The second-order valence-electron chi connectivity index (χ2n) is 7.42. The van der Waals surface area contributed by atoms with Gasteiger partial charge in [-0.2, -0.15) is 0 Å². The summed E-state index contributed by atoms with van der Waals surface area (Å²) in [6, 6.07) is 17.3. The molecule has 1 amide bonds. The van der Waals surface area contributed by atoms with Gasteiger partial charge in [0.05, 0.1) is 25.6 Å². The van der Waals surface area contributed by atoms with Crippen molar-refractivity contribution in [3.8, 4) is 11.5 Å². The SMILES string of the molecule is CC[C@H](C(=O)NCCOc1cccc2ccccc12)N(c1cc(Cl)ccc1OC)S(C)(=O)=O. The van der Waals surface area contributed by atoms with Crippen molar-refractivity contribution >= 4 is 44.0 Å². The van der Waals surface area contributed by atoms with Crippen LogP contribution in [0.15, 0.2) is 60.7 Å². The number of sulfonamides is 1. The Balaban J connectivity index is 1.73. The molecule has 0 aliphatic carbocycles. The van der Waals surface area contributed by atoms with Crippen molar-refractivity contribution in [1.82, 2.24) is 5.32 Å². The molecule has 33 heavy (non-hydrogen) atoms. The predicted octanol–water partition coefficient (Wildman–Crippen LogP) is 4.24. The molecule has 7 nitrogen and oxygen atoms in total. The maximum absolute atomic E-state index is 13.0. The molecule has 1 atom stereocenters. The lowest BCUT2D eigenvalue weighted by atomic mass is 10.1. The standard InChI is InChI=1S/C24H27ClN2O5S/c1-4-20(27(33(3,29)30)21-16-18(25)12-13-23(21)31-2)24(28)26-14-15-32-22-11-7-9-17-8-5-6-10-19(17)22/h5-13,16,20H,4,14-15H2,1-3H3,(H,26,28)/t20-/m1/s1. The Bertz CT molecular complexity index is 1230. The van der Waals surface area contributed by atoms with Crippen LogP contribution in [0.3, 0.4) is 0 Å². The summed E-state index contributed by atoms with van der Waals surface area (Å²) in [5.74, 6) is 0.581. The Morgan fingerprint density at radius 3 is 2.52 bits per heavy atom. The minimum atomic E-state index is -3.82. The molecule has 9 heteroatoms. The van der Waals surface area contributed by atoms with Gasteiger partial charge in [0.25, 0.3) is 0 Å². The Hall–Kier alpha value is -2.97. The number of carbonyl (C=O) groups excluding carboxylic acids is 1. The van der Waals surface area contributed by atoms with Crippen molar-refractivity contribution in [3.05, 3.63) is 65.7 Å². The fourth-order valence-corrected chi connectivity index (χ4v) is 5.02. The molecule has 3 aromatic carbocycles. The Morgan fingerprint density at radius 1 is 1.09 bits per heavy atom. The van der Waals surface area contributed by atoms with Gasteiger partial charge in [0.2, 0.25) is 15.9 Å². The average molecular weight is 491 g/mol. The monoisotopic (exact) mass is 490 g/mol. The molecule has 0 spiro atoms. The van der Waals surface area contributed by atoms with Crippen molar-refractivity contribution in [2.24, 2.45) is 0 Å². The first-order valence-corrected chi connectivity index (χ1v) is 12.7. The number of hydrogen-bond donors (Lipinski definition) is 1. The Morgan fingerprint density at radius 2 is 1.82 bits per heavy atom. The van der Waals surface area contributed by atoms with Crippen LogP contribution in [0, 0.1) is 0 Å². The quantitative estimate of drug-likeness (QED) is 0.430. The number of ether oxygens (including phenoxy) is 2. The van der Waals surface area contributed by atoms with Crippen LogP contribution in [0.2, 0.25) is 5.02 Å². The van der Waals surface area contributed by atoms with E-state index in [0.717, 1.165) is 27.1 Å². The third-order valence-corrected chi connectivity index (χ3v) is 6.52. The van der Waals surface area contributed by atoms with Gasteiger partial charge in [0.1, 0.15) is 24.1 Å². The molecular weight excluding hydrogens is 464 g/mol. The molecule has 0 saturated heterocycles. The smallest absolute Gasteiger partial charge is 0.244 e. The molecule has 3 aromatic rings. The number of hydrogen-bond acceptors (Lipinski definition) is 5. The van der Waals surface area contributed by atoms with Crippen LogP contribution in [0.25, 0.3) is 10.8 Å². The van der Waals surface area contributed by atoms with E-state index in [9.17, 15) is 13.2 Å². The van der Waals surface area contributed by atoms with Gasteiger partial charge in [-0.15, -0.1) is 0 Å². The fourth-order valence-electron chi connectivity index (χ4n) is 3.65. The summed E-state index contributed by atoms with van der Waals surface area (Å²) in [5.41, 5.74) is 0.210. The minimum absolute atomic E-state index is 0.210. The molecule has 0 unspecified atom stereocenters. The van der Waals surface area contributed by atoms with Gasteiger partial charge in [-0.3, -0.25) is 9.10 Å². The summed E-state index contributed by atoms with van der Waals surface area (Å²) >= 11 is 6.10. The van der Waals surface area contributed by atoms with E-state index in [1.54, 1.807) is 19.1 Å². The molecule has 0 bridgehead atoms. The van der Waals surface area contributed by atoms with Crippen molar-refractivity contribution < 1.29 is 22.7 Å². The number of methoxy groups -OCH3 is 1. The third-order valence-electron chi connectivity index (χ3n) is 5.12. The average Bonchev–Trinajstić information content (AvgIpc) is 2.79. The van der Waals surface area contributed by atoms with Gasteiger partial charge < -0.3 is 14.8 Å². The van der Waals surface area contributed by atoms with Crippen LogP contribution >= 0.6 is 11.6 Å². The highest BCUT2D eigenvalue weighted by Crippen LogP contribution is 2.34. The lowest BCUT2D eigenvalue weighted by Crippen LogP contribution is -2.50. The van der Waals surface area contributed by atoms with Gasteiger partial charge >= 0.3 is 0 Å². The number of amides is 1. The van der Waals surface area contributed by atoms with Crippen LogP contribution in [-0.2, 0) is 14.8 Å². The number of nitrogens with one attached hydrogen (secondary N) is 1. The van der Waals surface area contributed by atoms with E-state index in [4.69, 9.17) is 21.1 Å². The van der Waals surface area contributed by atoms with Gasteiger partial charge in [-0.1, -0.05) is 54.9 Å². The van der Waals surface area contributed by atoms with Gasteiger partial charge in [-0.25, -0.2) is 8.42 Å². The van der Waals surface area contributed by atoms with E-state index in [1.165, 1.54) is 13.2 Å². The zero-order valence-corrected chi connectivity index (χ0v) is 20.3. The van der Waals surface area contributed by atoms with Crippen LogP contribution in [0.1, 0.15) is 13.3 Å². The number of nitrogens with zero attached hydrogens (tertiary/aromatic N) is 1. The van der Waals surface area contributed by atoms with Crippen LogP contribution < -0.4 is 19.1 Å². The summed E-state index contributed by atoms with van der Waals surface area (Å²) in [4.78, 5) is 13.0. The number of carbonyl (C=O) groups is 1. The van der Waals surface area contributed by atoms with Crippen molar-refractivity contribution in [3.63, 3.8) is 0 Å². The van der Waals surface area contributed by atoms with Crippen LogP contribution in [0.5, 0.6) is 11.5 Å². The Kier molecular flexibility index (Phi) is 8.05. The maximum atomic E-state index is 13.0. The first-order valence-electron chi connectivity index (χ1n) is 10.5. The second kappa shape index (κ2) is 10.8. The first kappa shape index (κ1) is 24.7. The van der Waals surface area contributed by atoms with E-state index in [-0.39, 0.29) is 25.3 Å². The summed E-state index contributed by atoms with van der Waals surface area (Å²) < 4.78 is 37.6. The van der Waals surface area contributed by atoms with Gasteiger partial charge in [-0.05, 0) is 36.1 Å². The molecule has 0 heterocycles. The minimum Gasteiger partial charge on any atom is -0.495 e. The van der Waals surface area contributed by atoms with E-state index >= 15 is 0 Å². The lowest BCUT2D eigenvalue weighted by Gasteiger charge is -2.31. The molecular formula is C24H27ClN2O5S. The fraction of sp³-hybridized carbons (Fsp3) is 0.292. The normalized spacial score (nSPS) is 12.2. The Labute approximate surface area is 199 Å². The van der Waals surface area contributed by atoms with E-state index in [2.05, 4.69) is 5.32 Å². The lowest BCUT2D eigenvalue weighted by molar-refractivity contribution is -0.122. The molecule has 0 aromatic heterocycles. The topological polar surface area (TPSA) is 84.9 Å². The molecule has 1 N–H and O–H groups in total. The molecule has 0 saturated carbocycles. The summed E-state index contributed by atoms with van der Waals surface area (Å²) in [5, 5.41) is 5.15. The number of benzene rings is 3. The molecule has 0 fully saturated rings. The molecule has 3 rings (SSSR count).